The van der Waals surface area contributed by atoms with Crippen molar-refractivity contribution in [3.05, 3.63) is 53.1 Å². The molecule has 2 N–H and O–H groups in total. The van der Waals surface area contributed by atoms with Crippen molar-refractivity contribution in [2.75, 3.05) is 24.4 Å². The molecule has 2 aromatic carbocycles. The number of aryl methyl sites for hydroxylation is 1. The largest absolute Gasteiger partial charge is 0.484 e. The van der Waals surface area contributed by atoms with Crippen LogP contribution in [0.25, 0.3) is 0 Å². The number of carbonyl (C=O) groups excluding carboxylic acids is 3. The maximum Gasteiger partial charge on any atom is 0.340 e. The van der Waals surface area contributed by atoms with E-state index in [1.54, 1.807) is 18.2 Å². The topological polar surface area (TPSA) is 93.7 Å². The molecule has 0 fully saturated rings. The number of hydrogen-bond donors (Lipinski definition) is 2. The molecule has 3 rings (SSSR count). The minimum absolute atomic E-state index is 0.0619. The summed E-state index contributed by atoms with van der Waals surface area (Å²) < 4.78 is 37.3. The SMILES string of the molecule is COC(=O)c1cc(NC(=O)COc2ccc3c(c2)CCC(=O)N3)c(F)cc1F. The Morgan fingerprint density at radius 2 is 1.93 bits per heavy atom. The smallest absolute Gasteiger partial charge is 0.340 e. The normalized spacial score (nSPS) is 12.6. The number of esters is 1. The van der Waals surface area contributed by atoms with Gasteiger partial charge in [-0.1, -0.05) is 0 Å². The molecule has 28 heavy (non-hydrogen) atoms. The predicted molar refractivity (Wildman–Crippen MR) is 95.2 cm³/mol. The molecule has 1 aliphatic heterocycles. The quantitative estimate of drug-likeness (QED) is 0.766. The van der Waals surface area contributed by atoms with Crippen LogP contribution in [0.3, 0.4) is 0 Å². The minimum Gasteiger partial charge on any atom is -0.484 e. The highest BCUT2D eigenvalue weighted by Crippen LogP contribution is 2.27. The van der Waals surface area contributed by atoms with E-state index in [1.807, 2.05) is 0 Å². The van der Waals surface area contributed by atoms with Gasteiger partial charge in [0, 0.05) is 18.2 Å². The molecule has 0 spiro atoms. The molecule has 146 valence electrons. The summed E-state index contributed by atoms with van der Waals surface area (Å²) in [4.78, 5) is 34.9. The van der Waals surface area contributed by atoms with Gasteiger partial charge in [0.05, 0.1) is 18.4 Å². The molecule has 0 unspecified atom stereocenters. The Bertz CT molecular complexity index is 962. The van der Waals surface area contributed by atoms with Crippen LogP contribution in [0.4, 0.5) is 20.2 Å². The van der Waals surface area contributed by atoms with Crippen LogP contribution in [0.15, 0.2) is 30.3 Å². The van der Waals surface area contributed by atoms with Crippen molar-refractivity contribution in [1.29, 1.82) is 0 Å². The summed E-state index contributed by atoms with van der Waals surface area (Å²) in [6.07, 6.45) is 0.922. The number of methoxy groups -OCH3 is 1. The highest BCUT2D eigenvalue weighted by Gasteiger charge is 2.19. The lowest BCUT2D eigenvalue weighted by atomic mass is 10.0. The highest BCUT2D eigenvalue weighted by molar-refractivity contribution is 5.96. The third-order valence-electron chi connectivity index (χ3n) is 4.08. The third-order valence-corrected chi connectivity index (χ3v) is 4.08. The lowest BCUT2D eigenvalue weighted by molar-refractivity contribution is -0.118. The van der Waals surface area contributed by atoms with Crippen molar-refractivity contribution < 1.29 is 32.6 Å². The summed E-state index contributed by atoms with van der Waals surface area (Å²) in [5, 5.41) is 4.96. The third kappa shape index (κ3) is 4.25. The van der Waals surface area contributed by atoms with E-state index < -0.39 is 35.7 Å². The van der Waals surface area contributed by atoms with Gasteiger partial charge in [-0.3, -0.25) is 9.59 Å². The van der Waals surface area contributed by atoms with Crippen LogP contribution in [0.1, 0.15) is 22.3 Å². The second-order valence-corrected chi connectivity index (χ2v) is 6.01. The molecule has 0 aliphatic carbocycles. The average molecular weight is 390 g/mol. The van der Waals surface area contributed by atoms with Gasteiger partial charge in [-0.15, -0.1) is 0 Å². The number of carbonyl (C=O) groups is 3. The highest BCUT2D eigenvalue weighted by atomic mass is 19.1. The number of benzene rings is 2. The van der Waals surface area contributed by atoms with Crippen molar-refractivity contribution in [3.8, 4) is 5.75 Å². The van der Waals surface area contributed by atoms with Crippen LogP contribution in [0.2, 0.25) is 0 Å². The van der Waals surface area contributed by atoms with E-state index in [9.17, 15) is 23.2 Å². The molecule has 2 aromatic rings. The van der Waals surface area contributed by atoms with Crippen molar-refractivity contribution in [2.45, 2.75) is 12.8 Å². The van der Waals surface area contributed by atoms with E-state index in [4.69, 9.17) is 4.74 Å². The fourth-order valence-electron chi connectivity index (χ4n) is 2.70. The van der Waals surface area contributed by atoms with Gasteiger partial charge in [0.2, 0.25) is 5.91 Å². The molecule has 0 saturated carbocycles. The Balaban J connectivity index is 1.65. The number of amides is 2. The van der Waals surface area contributed by atoms with Gasteiger partial charge in [0.15, 0.2) is 6.61 Å². The van der Waals surface area contributed by atoms with Crippen LogP contribution >= 0.6 is 0 Å². The van der Waals surface area contributed by atoms with Crippen LogP contribution in [-0.2, 0) is 20.7 Å². The van der Waals surface area contributed by atoms with E-state index >= 15 is 0 Å². The first-order valence-corrected chi connectivity index (χ1v) is 8.30. The summed E-state index contributed by atoms with van der Waals surface area (Å²) in [6.45, 7) is -0.435. The van der Waals surface area contributed by atoms with Gasteiger partial charge < -0.3 is 20.1 Å². The number of nitrogens with one attached hydrogen (secondary N) is 2. The minimum atomic E-state index is -1.10. The lowest BCUT2D eigenvalue weighted by Gasteiger charge is -2.17. The summed E-state index contributed by atoms with van der Waals surface area (Å²) in [5.41, 5.74) is 0.696. The Morgan fingerprint density at radius 1 is 1.14 bits per heavy atom. The van der Waals surface area contributed by atoms with Crippen molar-refractivity contribution in [1.82, 2.24) is 0 Å². The van der Waals surface area contributed by atoms with Crippen molar-refractivity contribution in [2.24, 2.45) is 0 Å². The zero-order valence-electron chi connectivity index (χ0n) is 14.8. The van der Waals surface area contributed by atoms with Crippen LogP contribution in [0.5, 0.6) is 5.75 Å². The lowest BCUT2D eigenvalue weighted by Crippen LogP contribution is -2.22. The molecular formula is C19H16F2N2O5. The monoisotopic (exact) mass is 390 g/mol. The fourth-order valence-corrected chi connectivity index (χ4v) is 2.70. The number of anilines is 2. The molecule has 0 atom stereocenters. The fraction of sp³-hybridized carbons (Fsp3) is 0.211. The molecular weight excluding hydrogens is 374 g/mol. The summed E-state index contributed by atoms with van der Waals surface area (Å²) in [7, 11) is 1.06. The summed E-state index contributed by atoms with van der Waals surface area (Å²) in [5.74, 6) is -3.49. The molecule has 1 heterocycles. The van der Waals surface area contributed by atoms with Gasteiger partial charge in [-0.05, 0) is 36.2 Å². The first kappa shape index (κ1) is 19.3. The molecule has 0 radical (unpaired) electrons. The van der Waals surface area contributed by atoms with Gasteiger partial charge in [-0.2, -0.15) is 0 Å². The maximum absolute atomic E-state index is 13.9. The summed E-state index contributed by atoms with van der Waals surface area (Å²) in [6, 6.07) is 6.31. The first-order valence-electron chi connectivity index (χ1n) is 8.30. The molecule has 0 aromatic heterocycles. The van der Waals surface area contributed by atoms with Gasteiger partial charge >= 0.3 is 5.97 Å². The van der Waals surface area contributed by atoms with Crippen LogP contribution in [-0.4, -0.2) is 31.5 Å². The van der Waals surface area contributed by atoms with Crippen molar-refractivity contribution in [3.63, 3.8) is 0 Å². The predicted octanol–water partition coefficient (Wildman–Crippen LogP) is 2.65. The first-order chi connectivity index (χ1) is 13.4. The Morgan fingerprint density at radius 3 is 2.68 bits per heavy atom. The Hall–Kier alpha value is -3.49. The second kappa shape index (κ2) is 8.03. The average Bonchev–Trinajstić information content (AvgIpc) is 2.67. The second-order valence-electron chi connectivity index (χ2n) is 6.01. The molecule has 0 bridgehead atoms. The van der Waals surface area contributed by atoms with Crippen molar-refractivity contribution >= 4 is 29.2 Å². The number of ether oxygens (including phenoxy) is 2. The standard InChI is InChI=1S/C19H16F2N2O5/c1-27-19(26)12-7-16(14(21)8-13(12)20)23-18(25)9-28-11-3-4-15-10(6-11)2-5-17(24)22-15/h3-4,6-8H,2,5,9H2,1H3,(H,22,24)(H,23,25). The Kier molecular flexibility index (Phi) is 5.53. The molecule has 9 heteroatoms. The van der Waals surface area contributed by atoms with Gasteiger partial charge in [-0.25, -0.2) is 13.6 Å². The van der Waals surface area contributed by atoms with Gasteiger partial charge in [0.25, 0.3) is 5.91 Å². The number of fused-ring (bicyclic) bond motifs is 1. The van der Waals surface area contributed by atoms with Gasteiger partial charge in [0.1, 0.15) is 17.4 Å². The molecule has 0 saturated heterocycles. The van der Waals surface area contributed by atoms with Crippen LogP contribution < -0.4 is 15.4 Å². The Labute approximate surface area is 158 Å². The van der Waals surface area contributed by atoms with E-state index in [0.29, 0.717) is 30.3 Å². The van der Waals surface area contributed by atoms with E-state index in [0.717, 1.165) is 18.7 Å². The van der Waals surface area contributed by atoms with E-state index in [2.05, 4.69) is 15.4 Å². The molecule has 1 aliphatic rings. The maximum atomic E-state index is 13.9. The molecule has 2 amide bonds. The number of halogens is 2. The zero-order valence-corrected chi connectivity index (χ0v) is 14.8. The molecule has 7 nitrogen and oxygen atoms in total. The zero-order chi connectivity index (χ0) is 20.3. The van der Waals surface area contributed by atoms with Crippen LogP contribution in [0, 0.1) is 11.6 Å². The number of hydrogen-bond acceptors (Lipinski definition) is 5. The summed E-state index contributed by atoms with van der Waals surface area (Å²) >= 11 is 0. The number of rotatable bonds is 5. The van der Waals surface area contributed by atoms with E-state index in [-0.39, 0.29) is 11.6 Å². The van der Waals surface area contributed by atoms with E-state index in [1.165, 1.54) is 0 Å².